The molecule has 0 aliphatic rings. The molecule has 11 rings (SSSR count). The molecule has 0 saturated heterocycles. The first kappa shape index (κ1) is 32.7. The molecule has 0 aliphatic heterocycles. The van der Waals surface area contributed by atoms with Gasteiger partial charge in [0, 0.05) is 51.5 Å². The highest BCUT2D eigenvalue weighted by Crippen LogP contribution is 2.44. The van der Waals surface area contributed by atoms with E-state index in [-0.39, 0.29) is 0 Å². The molecule has 0 radical (unpaired) electrons. The Morgan fingerprint density at radius 3 is 1.16 bits per heavy atom. The van der Waals surface area contributed by atoms with Crippen molar-refractivity contribution >= 4 is 63.0 Å². The summed E-state index contributed by atoms with van der Waals surface area (Å²) in [7, 11) is 0. The summed E-state index contributed by atoms with van der Waals surface area (Å²) in [6, 6.07) is 68.0. The molecule has 11 aromatic rings. The van der Waals surface area contributed by atoms with Crippen molar-refractivity contribution in [1.29, 1.82) is 0 Å². The highest BCUT2D eigenvalue weighted by atomic mass is 32.1. The lowest BCUT2D eigenvalue weighted by Crippen LogP contribution is -1.93. The summed E-state index contributed by atoms with van der Waals surface area (Å²) in [5, 5.41) is 5.18. The number of nitrogens with zero attached hydrogens (tertiary/aromatic N) is 2. The van der Waals surface area contributed by atoms with Crippen molar-refractivity contribution in [3.05, 3.63) is 194 Å². The largest absolute Gasteiger partial charge is 0.236 e. The maximum absolute atomic E-state index is 4.92. The van der Waals surface area contributed by atoms with Gasteiger partial charge >= 0.3 is 0 Å². The van der Waals surface area contributed by atoms with E-state index >= 15 is 0 Å². The Balaban J connectivity index is 1.09. The molecule has 262 valence electrons. The number of hydrogen-bond donors (Lipinski definition) is 0. The van der Waals surface area contributed by atoms with Gasteiger partial charge in [-0.2, -0.15) is 0 Å². The summed E-state index contributed by atoms with van der Waals surface area (Å²) in [6.45, 7) is 0. The van der Waals surface area contributed by atoms with Gasteiger partial charge in [-0.25, -0.2) is 9.97 Å². The molecule has 0 atom stereocenters. The van der Waals surface area contributed by atoms with Gasteiger partial charge in [-0.3, -0.25) is 0 Å². The second-order valence-electron chi connectivity index (χ2n) is 14.2. The summed E-state index contributed by atoms with van der Waals surface area (Å²) in [4.78, 5) is 9.84. The molecule has 0 N–H and O–H groups in total. The molecule has 0 saturated carbocycles. The fraction of sp³-hybridized carbons (Fsp3) is 0. The quantitative estimate of drug-likeness (QED) is 0.169. The average molecular weight is 749 g/mol. The van der Waals surface area contributed by atoms with Crippen LogP contribution in [0.25, 0.3) is 107 Å². The number of thiophene rings is 2. The van der Waals surface area contributed by atoms with Crippen LogP contribution in [0.15, 0.2) is 194 Å². The molecular formula is C52H32N2S2. The summed E-state index contributed by atoms with van der Waals surface area (Å²) < 4.78 is 5.20. The van der Waals surface area contributed by atoms with E-state index in [9.17, 15) is 0 Å². The van der Waals surface area contributed by atoms with Gasteiger partial charge in [-0.1, -0.05) is 133 Å². The van der Waals surface area contributed by atoms with Crippen LogP contribution in [-0.2, 0) is 0 Å². The van der Waals surface area contributed by atoms with E-state index in [1.165, 1.54) is 73.7 Å². The molecule has 3 aromatic heterocycles. The highest BCUT2D eigenvalue weighted by Gasteiger charge is 2.17. The third-order valence-electron chi connectivity index (χ3n) is 10.8. The topological polar surface area (TPSA) is 25.8 Å². The zero-order valence-electron chi connectivity index (χ0n) is 30.2. The van der Waals surface area contributed by atoms with Crippen LogP contribution in [0.2, 0.25) is 0 Å². The molecule has 0 fully saturated rings. The van der Waals surface area contributed by atoms with Gasteiger partial charge in [0.25, 0.3) is 0 Å². The highest BCUT2D eigenvalue weighted by molar-refractivity contribution is 7.26. The molecule has 56 heavy (non-hydrogen) atoms. The molecule has 0 spiro atoms. The third kappa shape index (κ3) is 5.70. The minimum atomic E-state index is 0.885. The van der Waals surface area contributed by atoms with Crippen LogP contribution in [0.1, 0.15) is 0 Å². The second kappa shape index (κ2) is 13.5. The van der Waals surface area contributed by atoms with E-state index in [0.717, 1.165) is 33.6 Å². The lowest BCUT2D eigenvalue weighted by molar-refractivity contribution is 1.18. The van der Waals surface area contributed by atoms with Crippen molar-refractivity contribution in [1.82, 2.24) is 9.97 Å². The number of hydrogen-bond acceptors (Lipinski definition) is 4. The Bertz CT molecular complexity index is 3030. The average Bonchev–Trinajstić information content (AvgIpc) is 3.86. The monoisotopic (exact) mass is 748 g/mol. The number of aromatic nitrogens is 2. The number of fused-ring (bicyclic) bond motifs is 6. The third-order valence-corrected chi connectivity index (χ3v) is 13.2. The molecule has 8 aromatic carbocycles. The lowest BCUT2D eigenvalue weighted by atomic mass is 9.93. The van der Waals surface area contributed by atoms with E-state index in [0.29, 0.717) is 0 Å². The van der Waals surface area contributed by atoms with Crippen molar-refractivity contribution in [3.8, 4) is 67.0 Å². The van der Waals surface area contributed by atoms with Gasteiger partial charge in [0.05, 0.1) is 11.4 Å². The zero-order chi connectivity index (χ0) is 37.0. The van der Waals surface area contributed by atoms with Crippen molar-refractivity contribution in [2.75, 3.05) is 0 Å². The Labute approximate surface area is 332 Å². The van der Waals surface area contributed by atoms with Gasteiger partial charge in [0.2, 0.25) is 0 Å². The summed E-state index contributed by atoms with van der Waals surface area (Å²) in [5.74, 6) is 0. The van der Waals surface area contributed by atoms with E-state index in [1.54, 1.807) is 6.33 Å². The van der Waals surface area contributed by atoms with Gasteiger partial charge in [0.15, 0.2) is 0 Å². The van der Waals surface area contributed by atoms with Crippen molar-refractivity contribution in [2.24, 2.45) is 0 Å². The van der Waals surface area contributed by atoms with Gasteiger partial charge in [-0.05, 0) is 99.1 Å². The standard InChI is InChI=1S/C52H32N2S2/c1-3-13-33(14-4-1)35-25-37(41-19-11-21-45-43-17-7-9-23-49(43)55-51(41)45)29-39(27-35)47-31-48(54-32-53-47)40-28-36(34-15-5-2-6-16-34)26-38(30-40)42-20-12-22-46-44-18-8-10-24-50(44)56-52(42)46/h1-32H. The maximum Gasteiger partial charge on any atom is 0.116 e. The van der Waals surface area contributed by atoms with Crippen LogP contribution < -0.4 is 0 Å². The minimum absolute atomic E-state index is 0.885. The normalized spacial score (nSPS) is 11.6. The van der Waals surface area contributed by atoms with Crippen LogP contribution in [-0.4, -0.2) is 9.97 Å². The number of rotatable bonds is 6. The molecular weight excluding hydrogens is 717 g/mol. The van der Waals surface area contributed by atoms with E-state index in [1.807, 2.05) is 22.7 Å². The van der Waals surface area contributed by atoms with E-state index < -0.39 is 0 Å². The fourth-order valence-corrected chi connectivity index (χ4v) is 10.6. The van der Waals surface area contributed by atoms with Gasteiger partial charge in [0.1, 0.15) is 6.33 Å². The first-order chi connectivity index (χ1) is 27.7. The second-order valence-corrected chi connectivity index (χ2v) is 16.3. The maximum atomic E-state index is 4.92. The Kier molecular flexibility index (Phi) is 7.90. The van der Waals surface area contributed by atoms with Crippen molar-refractivity contribution in [2.45, 2.75) is 0 Å². The van der Waals surface area contributed by atoms with Crippen LogP contribution >= 0.6 is 22.7 Å². The Morgan fingerprint density at radius 1 is 0.286 bits per heavy atom. The Hall–Kier alpha value is -6.72. The van der Waals surface area contributed by atoms with Crippen LogP contribution in [0.4, 0.5) is 0 Å². The molecule has 0 unspecified atom stereocenters. The molecule has 0 bridgehead atoms. The first-order valence-electron chi connectivity index (χ1n) is 18.8. The van der Waals surface area contributed by atoms with Crippen molar-refractivity contribution < 1.29 is 0 Å². The summed E-state index contributed by atoms with van der Waals surface area (Å²) in [6.07, 6.45) is 1.72. The van der Waals surface area contributed by atoms with E-state index in [2.05, 4.69) is 188 Å². The van der Waals surface area contributed by atoms with Crippen LogP contribution in [0.3, 0.4) is 0 Å². The zero-order valence-corrected chi connectivity index (χ0v) is 31.8. The van der Waals surface area contributed by atoms with E-state index in [4.69, 9.17) is 9.97 Å². The predicted molar refractivity (Wildman–Crippen MR) is 240 cm³/mol. The summed E-state index contributed by atoms with van der Waals surface area (Å²) in [5.41, 5.74) is 13.3. The van der Waals surface area contributed by atoms with Crippen LogP contribution in [0.5, 0.6) is 0 Å². The van der Waals surface area contributed by atoms with Gasteiger partial charge < -0.3 is 0 Å². The molecule has 0 amide bonds. The van der Waals surface area contributed by atoms with Crippen molar-refractivity contribution in [3.63, 3.8) is 0 Å². The fourth-order valence-electron chi connectivity index (χ4n) is 8.08. The number of benzene rings is 8. The SMILES string of the molecule is c1ccc(-c2cc(-c3cc(-c4cc(-c5ccccc5)cc(-c5cccc6c5sc5ccccc56)c4)ncn3)cc(-c3cccc4c3sc3ccccc34)c2)cc1. The minimum Gasteiger partial charge on any atom is -0.236 e. The first-order valence-corrected chi connectivity index (χ1v) is 20.4. The summed E-state index contributed by atoms with van der Waals surface area (Å²) >= 11 is 3.72. The Morgan fingerprint density at radius 2 is 0.679 bits per heavy atom. The molecule has 2 nitrogen and oxygen atoms in total. The van der Waals surface area contributed by atoms with Gasteiger partial charge in [-0.15, -0.1) is 22.7 Å². The predicted octanol–water partition coefficient (Wildman–Crippen LogP) is 15.2. The lowest BCUT2D eigenvalue weighted by Gasteiger charge is -2.13. The smallest absolute Gasteiger partial charge is 0.116 e. The molecule has 4 heteroatoms. The van der Waals surface area contributed by atoms with Crippen LogP contribution in [0, 0.1) is 0 Å². The molecule has 0 aliphatic carbocycles. The molecule has 3 heterocycles.